The van der Waals surface area contributed by atoms with Gasteiger partial charge in [0.15, 0.2) is 11.6 Å². The lowest BCUT2D eigenvalue weighted by Gasteiger charge is -2.59. The molecule has 7 nitrogen and oxygen atoms in total. The van der Waals surface area contributed by atoms with Gasteiger partial charge in [-0.05, 0) is 45.4 Å². The Hall–Kier alpha value is -2.78. The lowest BCUT2D eigenvalue weighted by Crippen LogP contribution is -2.66. The van der Waals surface area contributed by atoms with Crippen molar-refractivity contribution in [3.05, 3.63) is 40.2 Å². The summed E-state index contributed by atoms with van der Waals surface area (Å²) in [6.45, 7) is 7.87. The molecule has 0 amide bonds. The minimum atomic E-state index is -2.61. The monoisotopic (exact) mass is 534 g/mol. The minimum Gasteiger partial charge on any atom is -0.491 e. The van der Waals surface area contributed by atoms with Crippen LogP contribution in [0.15, 0.2) is 23.9 Å². The highest BCUT2D eigenvalue weighted by atomic mass is 35.5. The summed E-state index contributed by atoms with van der Waals surface area (Å²) in [6, 6.07) is 5.04. The molecule has 0 radical (unpaired) electrons. The smallest absolute Gasteiger partial charge is 0.249 e. The van der Waals surface area contributed by atoms with Gasteiger partial charge in [0.25, 0.3) is 0 Å². The van der Waals surface area contributed by atoms with Crippen LogP contribution in [0.25, 0.3) is 17.0 Å². The van der Waals surface area contributed by atoms with E-state index in [9.17, 15) is 18.7 Å². The van der Waals surface area contributed by atoms with E-state index in [1.807, 2.05) is 11.8 Å². The number of aliphatic hydroxyl groups is 1. The zero-order chi connectivity index (χ0) is 27.1. The van der Waals surface area contributed by atoms with Crippen molar-refractivity contribution in [2.24, 2.45) is 11.1 Å². The molecule has 0 unspecified atom stereocenters. The van der Waals surface area contributed by atoms with Crippen molar-refractivity contribution in [1.82, 2.24) is 9.97 Å². The number of Topliss-reactive ketones (excluding diaryl/α,β-unsaturated/α-hetero) is 1. The van der Waals surface area contributed by atoms with Crippen LogP contribution in [-0.2, 0) is 4.79 Å². The van der Waals surface area contributed by atoms with E-state index in [1.54, 1.807) is 32.0 Å². The second-order valence-electron chi connectivity index (χ2n) is 10.4. The van der Waals surface area contributed by atoms with Crippen LogP contribution in [0.3, 0.4) is 0 Å². The number of rotatable bonds is 9. The number of aliphatic hydroxyl groups excluding tert-OH is 1. The normalized spacial score (nSPS) is 19.1. The summed E-state index contributed by atoms with van der Waals surface area (Å²) < 4.78 is 32.9. The number of nitrogens with two attached hydrogens (primary N) is 1. The first kappa shape index (κ1) is 27.3. The zero-order valence-electron chi connectivity index (χ0n) is 21.6. The standard InChI is InChI=1S/C27H33ClF2N4O3/c1-5-6-18(36)10-37-19-7-8-21(28)20(9-19)24-32-23(22(16(3)31)17(4)35)15(2)25(33-24)34-13-26(14-34)11-27(29,30)12-26/h7-9,18,36H,5-6,10-14,31H2,1-4H3/t18-/m1/s1. The lowest BCUT2D eigenvalue weighted by atomic mass is 9.61. The van der Waals surface area contributed by atoms with Gasteiger partial charge >= 0.3 is 0 Å². The van der Waals surface area contributed by atoms with Crippen LogP contribution >= 0.6 is 11.6 Å². The number of ketones is 1. The Kier molecular flexibility index (Phi) is 7.50. The number of halogens is 3. The average Bonchev–Trinajstić information content (AvgIpc) is 2.76. The molecule has 1 saturated heterocycles. The van der Waals surface area contributed by atoms with E-state index < -0.39 is 17.4 Å². The molecule has 2 heterocycles. The van der Waals surface area contributed by atoms with Gasteiger partial charge in [-0.1, -0.05) is 24.9 Å². The molecule has 1 saturated carbocycles. The van der Waals surface area contributed by atoms with Crippen LogP contribution in [0, 0.1) is 12.3 Å². The molecule has 2 aliphatic rings. The Morgan fingerprint density at radius 1 is 1.27 bits per heavy atom. The third kappa shape index (κ3) is 5.57. The van der Waals surface area contributed by atoms with Gasteiger partial charge in [0.2, 0.25) is 5.92 Å². The highest BCUT2D eigenvalue weighted by Gasteiger charge is 2.62. The molecule has 2 fully saturated rings. The van der Waals surface area contributed by atoms with Gasteiger partial charge in [-0.15, -0.1) is 0 Å². The number of alkyl halides is 2. The molecule has 37 heavy (non-hydrogen) atoms. The second kappa shape index (κ2) is 10.2. The maximum absolute atomic E-state index is 13.6. The van der Waals surface area contributed by atoms with Crippen LogP contribution in [-0.4, -0.2) is 52.6 Å². The van der Waals surface area contributed by atoms with Gasteiger partial charge < -0.3 is 20.5 Å². The summed E-state index contributed by atoms with van der Waals surface area (Å²) in [5.74, 6) is -1.55. The molecule has 2 aromatic rings. The summed E-state index contributed by atoms with van der Waals surface area (Å²) in [4.78, 5) is 24.0. The van der Waals surface area contributed by atoms with E-state index in [2.05, 4.69) is 0 Å². The van der Waals surface area contributed by atoms with Crippen LogP contribution in [0.4, 0.5) is 14.6 Å². The summed E-state index contributed by atoms with van der Waals surface area (Å²) in [6.07, 6.45) is 0.606. The Balaban J connectivity index is 1.74. The Morgan fingerprint density at radius 3 is 2.51 bits per heavy atom. The number of anilines is 1. The Labute approximate surface area is 220 Å². The minimum absolute atomic E-state index is 0.129. The maximum Gasteiger partial charge on any atom is 0.249 e. The maximum atomic E-state index is 13.6. The van der Waals surface area contributed by atoms with E-state index in [1.165, 1.54) is 6.92 Å². The summed E-state index contributed by atoms with van der Waals surface area (Å²) >= 11 is 6.54. The predicted octanol–water partition coefficient (Wildman–Crippen LogP) is 5.16. The zero-order valence-corrected chi connectivity index (χ0v) is 22.3. The van der Waals surface area contributed by atoms with Crippen LogP contribution in [0.1, 0.15) is 57.7 Å². The molecule has 4 rings (SSSR count). The number of allylic oxidation sites excluding steroid dienone is 2. The summed E-state index contributed by atoms with van der Waals surface area (Å²) in [5, 5.41) is 10.4. The molecule has 1 aromatic heterocycles. The molecule has 0 bridgehead atoms. The topological polar surface area (TPSA) is 102 Å². The highest BCUT2D eigenvalue weighted by molar-refractivity contribution is 6.33. The van der Waals surface area contributed by atoms with Gasteiger partial charge in [-0.2, -0.15) is 0 Å². The van der Waals surface area contributed by atoms with Crippen molar-refractivity contribution < 1.29 is 23.4 Å². The number of aromatic nitrogens is 2. The second-order valence-corrected chi connectivity index (χ2v) is 10.8. The first-order valence-electron chi connectivity index (χ1n) is 12.4. The van der Waals surface area contributed by atoms with E-state index in [0.717, 1.165) is 6.42 Å². The van der Waals surface area contributed by atoms with Gasteiger partial charge in [-0.25, -0.2) is 18.7 Å². The van der Waals surface area contributed by atoms with Crippen LogP contribution in [0.2, 0.25) is 5.02 Å². The highest BCUT2D eigenvalue weighted by Crippen LogP contribution is 2.57. The predicted molar refractivity (Wildman–Crippen MR) is 140 cm³/mol. The van der Waals surface area contributed by atoms with E-state index in [4.69, 9.17) is 32.0 Å². The third-order valence-electron chi connectivity index (χ3n) is 6.97. The fraction of sp³-hybridized carbons (Fsp3) is 0.519. The van der Waals surface area contributed by atoms with Gasteiger partial charge in [0.1, 0.15) is 18.2 Å². The molecular formula is C27H33ClF2N4O3. The van der Waals surface area contributed by atoms with Crippen LogP contribution < -0.4 is 15.4 Å². The number of ether oxygens (including phenoxy) is 1. The molecule has 1 aliphatic heterocycles. The molecule has 1 aromatic carbocycles. The lowest BCUT2D eigenvalue weighted by molar-refractivity contribution is -0.170. The van der Waals surface area contributed by atoms with Crippen molar-refractivity contribution in [1.29, 1.82) is 0 Å². The molecule has 1 aliphatic carbocycles. The number of nitrogens with zero attached hydrogens (tertiary/aromatic N) is 3. The first-order valence-corrected chi connectivity index (χ1v) is 12.8. The number of benzene rings is 1. The largest absolute Gasteiger partial charge is 0.491 e. The number of carbonyl (C=O) groups excluding carboxylic acids is 1. The fourth-order valence-electron chi connectivity index (χ4n) is 5.36. The van der Waals surface area contributed by atoms with Gasteiger partial charge in [-0.3, -0.25) is 4.79 Å². The van der Waals surface area contributed by atoms with Gasteiger partial charge in [0.05, 0.1) is 22.4 Å². The molecule has 10 heteroatoms. The summed E-state index contributed by atoms with van der Waals surface area (Å²) in [7, 11) is 0. The van der Waals surface area contributed by atoms with Crippen molar-refractivity contribution in [3.8, 4) is 17.1 Å². The first-order chi connectivity index (χ1) is 17.3. The van der Waals surface area contributed by atoms with Crippen LogP contribution in [0.5, 0.6) is 5.75 Å². The number of hydrogen-bond donors (Lipinski definition) is 2. The quantitative estimate of drug-likeness (QED) is 0.428. The van der Waals surface area contributed by atoms with Crippen molar-refractivity contribution in [2.45, 2.75) is 65.4 Å². The Bertz CT molecular complexity index is 1230. The van der Waals surface area contributed by atoms with E-state index in [0.29, 0.717) is 58.6 Å². The molecular weight excluding hydrogens is 502 g/mol. The Morgan fingerprint density at radius 2 is 1.95 bits per heavy atom. The van der Waals surface area contributed by atoms with Crippen molar-refractivity contribution in [3.63, 3.8) is 0 Å². The van der Waals surface area contributed by atoms with Crippen molar-refractivity contribution >= 4 is 28.8 Å². The third-order valence-corrected chi connectivity index (χ3v) is 7.30. The summed E-state index contributed by atoms with van der Waals surface area (Å²) in [5.41, 5.74) is 7.78. The average molecular weight is 535 g/mol. The van der Waals surface area contributed by atoms with E-state index in [-0.39, 0.29) is 36.6 Å². The van der Waals surface area contributed by atoms with E-state index >= 15 is 0 Å². The molecule has 1 spiro atoms. The van der Waals surface area contributed by atoms with Crippen molar-refractivity contribution in [2.75, 3.05) is 24.6 Å². The number of hydrogen-bond acceptors (Lipinski definition) is 7. The number of carbonyl (C=O) groups is 1. The molecule has 1 atom stereocenters. The fourth-order valence-corrected chi connectivity index (χ4v) is 5.57. The SMILES string of the molecule is CCC[C@@H](O)COc1ccc(Cl)c(-c2nc(C(C(C)=O)=C(C)N)c(C)c(N3CC4(C3)CC(F)(F)C4)n2)c1. The molecule has 3 N–H and O–H groups in total. The van der Waals surface area contributed by atoms with Gasteiger partial charge in [0, 0.05) is 48.2 Å². The molecule has 200 valence electrons.